The van der Waals surface area contributed by atoms with Gasteiger partial charge in [0.05, 0.1) is 18.1 Å². The van der Waals surface area contributed by atoms with Crippen molar-refractivity contribution in [3.05, 3.63) is 29.8 Å². The molecule has 3 heteroatoms. The van der Waals surface area contributed by atoms with Crippen molar-refractivity contribution in [1.29, 1.82) is 0 Å². The molecule has 15 heavy (non-hydrogen) atoms. The van der Waals surface area contributed by atoms with Gasteiger partial charge in [0.15, 0.2) is 0 Å². The molecule has 3 nitrogen and oxygen atoms in total. The fourth-order valence-electron chi connectivity index (χ4n) is 2.38. The third-order valence-electron chi connectivity index (χ3n) is 3.07. The normalized spacial score (nSPS) is 33.1. The molecule has 1 fully saturated rings. The van der Waals surface area contributed by atoms with Gasteiger partial charge in [0.2, 0.25) is 0 Å². The van der Waals surface area contributed by atoms with E-state index >= 15 is 0 Å². The average Bonchev–Trinajstić information content (AvgIpc) is 2.61. The molecule has 0 spiro atoms. The van der Waals surface area contributed by atoms with Gasteiger partial charge in [0.25, 0.3) is 0 Å². The van der Waals surface area contributed by atoms with Gasteiger partial charge in [-0.15, -0.1) is 0 Å². The standard InChI is InChI=1S/C12H12O3/c1-7-6-9-11(14-7)8-4-2-3-5-10(8)15-12(9)13/h2-5,7,9,11H,6H2,1H3. The molecule has 0 radical (unpaired) electrons. The molecule has 1 aromatic rings. The fraction of sp³-hybridized carbons (Fsp3) is 0.417. The molecule has 0 aliphatic carbocycles. The maximum Gasteiger partial charge on any atom is 0.317 e. The molecule has 1 saturated heterocycles. The van der Waals surface area contributed by atoms with E-state index in [0.29, 0.717) is 5.75 Å². The van der Waals surface area contributed by atoms with Gasteiger partial charge < -0.3 is 9.47 Å². The number of hydrogen-bond acceptors (Lipinski definition) is 3. The van der Waals surface area contributed by atoms with Crippen LogP contribution in [0.1, 0.15) is 25.0 Å². The van der Waals surface area contributed by atoms with Gasteiger partial charge in [-0.05, 0) is 19.4 Å². The van der Waals surface area contributed by atoms with Crippen molar-refractivity contribution in [3.63, 3.8) is 0 Å². The number of para-hydroxylation sites is 1. The summed E-state index contributed by atoms with van der Waals surface area (Å²) in [6.45, 7) is 1.99. The van der Waals surface area contributed by atoms with Crippen LogP contribution in [0.4, 0.5) is 0 Å². The van der Waals surface area contributed by atoms with E-state index in [1.165, 1.54) is 0 Å². The Bertz CT molecular complexity index is 413. The van der Waals surface area contributed by atoms with Crippen LogP contribution in [0.25, 0.3) is 0 Å². The highest BCUT2D eigenvalue weighted by Gasteiger charge is 2.44. The SMILES string of the molecule is CC1CC2C(=O)Oc3ccccc3C2O1. The van der Waals surface area contributed by atoms with Gasteiger partial charge in [0, 0.05) is 5.56 Å². The van der Waals surface area contributed by atoms with E-state index in [4.69, 9.17) is 9.47 Å². The zero-order chi connectivity index (χ0) is 10.4. The Balaban J connectivity index is 2.08. The second-order valence-electron chi connectivity index (χ2n) is 4.17. The van der Waals surface area contributed by atoms with Crippen molar-refractivity contribution in [1.82, 2.24) is 0 Å². The van der Waals surface area contributed by atoms with Crippen LogP contribution in [-0.2, 0) is 9.53 Å². The van der Waals surface area contributed by atoms with Crippen LogP contribution >= 0.6 is 0 Å². The van der Waals surface area contributed by atoms with Crippen LogP contribution in [-0.4, -0.2) is 12.1 Å². The Morgan fingerprint density at radius 2 is 2.13 bits per heavy atom. The zero-order valence-electron chi connectivity index (χ0n) is 8.47. The molecule has 3 rings (SSSR count). The Morgan fingerprint density at radius 3 is 3.00 bits per heavy atom. The summed E-state index contributed by atoms with van der Waals surface area (Å²) in [6, 6.07) is 7.60. The molecule has 3 unspecified atom stereocenters. The Kier molecular flexibility index (Phi) is 1.83. The van der Waals surface area contributed by atoms with E-state index in [-0.39, 0.29) is 24.1 Å². The van der Waals surface area contributed by atoms with Gasteiger partial charge in [-0.25, -0.2) is 0 Å². The van der Waals surface area contributed by atoms with Crippen molar-refractivity contribution in [2.75, 3.05) is 0 Å². The molecule has 0 saturated carbocycles. The van der Waals surface area contributed by atoms with Crippen molar-refractivity contribution in [2.45, 2.75) is 25.6 Å². The van der Waals surface area contributed by atoms with Gasteiger partial charge in [-0.3, -0.25) is 4.79 Å². The van der Waals surface area contributed by atoms with Crippen molar-refractivity contribution < 1.29 is 14.3 Å². The lowest BCUT2D eigenvalue weighted by Gasteiger charge is -2.25. The zero-order valence-corrected chi connectivity index (χ0v) is 8.47. The average molecular weight is 204 g/mol. The molecule has 1 aromatic carbocycles. The highest BCUT2D eigenvalue weighted by atomic mass is 16.6. The van der Waals surface area contributed by atoms with E-state index in [9.17, 15) is 4.79 Å². The molecule has 0 bridgehead atoms. The number of carbonyl (C=O) groups is 1. The highest BCUT2D eigenvalue weighted by Crippen LogP contribution is 2.45. The van der Waals surface area contributed by atoms with Crippen LogP contribution < -0.4 is 4.74 Å². The minimum Gasteiger partial charge on any atom is -0.426 e. The second kappa shape index (κ2) is 3.07. The summed E-state index contributed by atoms with van der Waals surface area (Å²) in [5.74, 6) is 0.385. The molecular formula is C12H12O3. The molecule has 3 atom stereocenters. The first kappa shape index (κ1) is 8.92. The van der Waals surface area contributed by atoms with Gasteiger partial charge in [0.1, 0.15) is 5.75 Å². The number of esters is 1. The predicted octanol–water partition coefficient (Wildman–Crippen LogP) is 2.07. The highest BCUT2D eigenvalue weighted by molar-refractivity contribution is 5.79. The van der Waals surface area contributed by atoms with Crippen molar-refractivity contribution >= 4 is 5.97 Å². The molecule has 0 aromatic heterocycles. The Morgan fingerprint density at radius 1 is 1.33 bits per heavy atom. The van der Waals surface area contributed by atoms with E-state index < -0.39 is 0 Å². The number of fused-ring (bicyclic) bond motifs is 3. The summed E-state index contributed by atoms with van der Waals surface area (Å²) < 4.78 is 11.0. The number of rotatable bonds is 0. The summed E-state index contributed by atoms with van der Waals surface area (Å²) in [5, 5.41) is 0. The number of benzene rings is 1. The van der Waals surface area contributed by atoms with Gasteiger partial charge in [-0.1, -0.05) is 18.2 Å². The largest absolute Gasteiger partial charge is 0.426 e. The summed E-state index contributed by atoms with van der Waals surface area (Å²) in [6.07, 6.45) is 0.800. The molecule has 0 N–H and O–H groups in total. The number of hydrogen-bond donors (Lipinski definition) is 0. The lowest BCUT2D eigenvalue weighted by molar-refractivity contribution is -0.143. The third kappa shape index (κ3) is 1.27. The van der Waals surface area contributed by atoms with Crippen LogP contribution in [0, 0.1) is 5.92 Å². The second-order valence-corrected chi connectivity index (χ2v) is 4.17. The van der Waals surface area contributed by atoms with E-state index in [2.05, 4.69) is 0 Å². The molecule has 2 aliphatic heterocycles. The smallest absolute Gasteiger partial charge is 0.317 e. The van der Waals surface area contributed by atoms with Crippen molar-refractivity contribution in [3.8, 4) is 5.75 Å². The number of ether oxygens (including phenoxy) is 2. The quantitative estimate of drug-likeness (QED) is 0.479. The minimum absolute atomic E-state index is 0.0996. The summed E-state index contributed by atoms with van der Waals surface area (Å²) >= 11 is 0. The van der Waals surface area contributed by atoms with E-state index in [0.717, 1.165) is 12.0 Å². The van der Waals surface area contributed by atoms with Gasteiger partial charge >= 0.3 is 5.97 Å². The maximum atomic E-state index is 11.7. The summed E-state index contributed by atoms with van der Waals surface area (Å²) in [4.78, 5) is 11.7. The van der Waals surface area contributed by atoms with E-state index in [1.807, 2.05) is 31.2 Å². The third-order valence-corrected chi connectivity index (χ3v) is 3.07. The summed E-state index contributed by atoms with van der Waals surface area (Å²) in [7, 11) is 0. The predicted molar refractivity (Wildman–Crippen MR) is 53.5 cm³/mol. The Hall–Kier alpha value is -1.35. The fourth-order valence-corrected chi connectivity index (χ4v) is 2.38. The first-order chi connectivity index (χ1) is 7.25. The first-order valence-electron chi connectivity index (χ1n) is 5.22. The molecular weight excluding hydrogens is 192 g/mol. The minimum atomic E-state index is -0.150. The molecule has 78 valence electrons. The van der Waals surface area contributed by atoms with Crippen LogP contribution in [0.3, 0.4) is 0 Å². The molecule has 2 aliphatic rings. The maximum absolute atomic E-state index is 11.7. The topological polar surface area (TPSA) is 35.5 Å². The monoisotopic (exact) mass is 204 g/mol. The van der Waals surface area contributed by atoms with Crippen LogP contribution in [0.2, 0.25) is 0 Å². The summed E-state index contributed by atoms with van der Waals surface area (Å²) in [5.41, 5.74) is 1.01. The Labute approximate surface area is 88.0 Å². The van der Waals surface area contributed by atoms with E-state index in [1.54, 1.807) is 0 Å². The molecule has 2 heterocycles. The molecule has 0 amide bonds. The van der Waals surface area contributed by atoms with Crippen molar-refractivity contribution in [2.24, 2.45) is 5.92 Å². The number of carbonyl (C=O) groups excluding carboxylic acids is 1. The lowest BCUT2D eigenvalue weighted by Crippen LogP contribution is -2.28. The van der Waals surface area contributed by atoms with Gasteiger partial charge in [-0.2, -0.15) is 0 Å². The first-order valence-corrected chi connectivity index (χ1v) is 5.22. The van der Waals surface area contributed by atoms with Crippen LogP contribution in [0.5, 0.6) is 5.75 Å². The lowest BCUT2D eigenvalue weighted by atomic mass is 9.92. The van der Waals surface area contributed by atoms with Crippen LogP contribution in [0.15, 0.2) is 24.3 Å².